The zero-order valence-electron chi connectivity index (χ0n) is 18.7. The Morgan fingerprint density at radius 1 is 0.486 bits per heavy atom. The zero-order chi connectivity index (χ0) is 27.2. The van der Waals surface area contributed by atoms with Gasteiger partial charge in [0.15, 0.2) is 0 Å². The van der Waals surface area contributed by atoms with Crippen LogP contribution < -0.4 is 5.30 Å². The Bertz CT molecular complexity index is 1870. The van der Waals surface area contributed by atoms with Gasteiger partial charge in [-0.1, -0.05) is 48.5 Å². The maximum Gasteiger partial charge on any atom is 0.294 e. The quantitative estimate of drug-likeness (QED) is 0.227. The number of hydrogen-bond donors (Lipinski definition) is 3. The first-order valence-electron chi connectivity index (χ1n) is 10.3. The molecule has 0 aliphatic rings. The van der Waals surface area contributed by atoms with E-state index in [0.29, 0.717) is 38.7 Å². The normalized spacial score (nSPS) is 12.4. The molecule has 4 aromatic rings. The van der Waals surface area contributed by atoms with Crippen molar-refractivity contribution in [3.63, 3.8) is 0 Å². The van der Waals surface area contributed by atoms with Crippen LogP contribution in [-0.2, 0) is 30.4 Å². The summed E-state index contributed by atoms with van der Waals surface area (Å²) in [5, 5.41) is 0.564. The maximum atomic E-state index is 11.9. The van der Waals surface area contributed by atoms with E-state index in [-0.39, 0.29) is 9.79 Å². The van der Waals surface area contributed by atoms with Crippen LogP contribution in [0.25, 0.3) is 33.4 Å². The molecule has 192 valence electrons. The van der Waals surface area contributed by atoms with E-state index < -0.39 is 35.2 Å². The van der Waals surface area contributed by atoms with Crippen LogP contribution in [0.3, 0.4) is 0 Å². The molecule has 3 N–H and O–H groups in total. The van der Waals surface area contributed by atoms with Gasteiger partial charge < -0.3 is 0 Å². The van der Waals surface area contributed by atoms with E-state index in [1.165, 1.54) is 54.6 Å². The highest BCUT2D eigenvalue weighted by atomic mass is 32.2. The monoisotopic (exact) mass is 578 g/mol. The summed E-state index contributed by atoms with van der Waals surface area (Å²) in [6.45, 7) is 0. The Balaban J connectivity index is 2.14. The first-order valence-corrected chi connectivity index (χ1v) is 15.2. The Kier molecular flexibility index (Phi) is 7.12. The smallest absolute Gasteiger partial charge is 0.282 e. The van der Waals surface area contributed by atoms with Gasteiger partial charge in [0, 0.05) is 0 Å². The summed E-state index contributed by atoms with van der Waals surface area (Å²) in [4.78, 5) is -1.13. The van der Waals surface area contributed by atoms with Gasteiger partial charge in [-0.2, -0.15) is 25.3 Å². The molecule has 0 aliphatic carbocycles. The van der Waals surface area contributed by atoms with Gasteiger partial charge in [0.25, 0.3) is 30.4 Å². The summed E-state index contributed by atoms with van der Waals surface area (Å²) in [7, 11) is -11.2. The predicted octanol–water partition coefficient (Wildman–Crippen LogP) is 3.93. The molecule has 0 aromatic heterocycles. The predicted molar refractivity (Wildman–Crippen MR) is 142 cm³/mol. The number of rotatable bonds is 6. The second-order valence-corrected chi connectivity index (χ2v) is 12.8. The van der Waals surface area contributed by atoms with Gasteiger partial charge in [-0.25, -0.2) is 0 Å². The Morgan fingerprint density at radius 2 is 0.865 bits per heavy atom. The van der Waals surface area contributed by atoms with Crippen molar-refractivity contribution in [2.75, 3.05) is 0 Å². The molecular formula is C24H19O9PS3. The van der Waals surface area contributed by atoms with Crippen LogP contribution in [0.2, 0.25) is 0 Å². The summed E-state index contributed by atoms with van der Waals surface area (Å²) in [5.74, 6) is 0. The lowest BCUT2D eigenvalue weighted by molar-refractivity contribution is 0.481. The molecule has 1 unspecified atom stereocenters. The van der Waals surface area contributed by atoms with E-state index in [9.17, 15) is 38.9 Å². The van der Waals surface area contributed by atoms with Crippen LogP contribution in [0.15, 0.2) is 99.6 Å². The van der Waals surface area contributed by atoms with Crippen LogP contribution in [-0.4, -0.2) is 38.9 Å². The van der Waals surface area contributed by atoms with Crippen molar-refractivity contribution in [1.82, 2.24) is 0 Å². The van der Waals surface area contributed by atoms with Gasteiger partial charge in [-0.15, -0.1) is 9.24 Å². The van der Waals surface area contributed by atoms with Crippen LogP contribution in [0.5, 0.6) is 0 Å². The summed E-state index contributed by atoms with van der Waals surface area (Å²) in [6.07, 6.45) is 0. The lowest BCUT2D eigenvalue weighted by Crippen LogP contribution is -2.05. The summed E-state index contributed by atoms with van der Waals surface area (Å²) in [6, 6.07) is 19.6. The minimum atomic E-state index is -4.58. The molecule has 9 nitrogen and oxygen atoms in total. The molecule has 0 fully saturated rings. The van der Waals surface area contributed by atoms with E-state index >= 15 is 0 Å². The number of benzene rings is 4. The standard InChI is InChI=1S/C24H19O9PS3/c25-35(26,27)18-7-1-4-15(12-18)21-10-11-22(34)24(17-6-3-9-20(14-17)37(31,32)33)23(21)16-5-2-8-19(13-16)36(28,29)30/h1-14H,34H2,(H,25,26,27)(H,28,29,30)(H,31,32,33). The largest absolute Gasteiger partial charge is 0.294 e. The van der Waals surface area contributed by atoms with E-state index in [4.69, 9.17) is 0 Å². The molecule has 0 radical (unpaired) electrons. The van der Waals surface area contributed by atoms with Crippen LogP contribution >= 0.6 is 9.24 Å². The Morgan fingerprint density at radius 3 is 1.30 bits per heavy atom. The summed E-state index contributed by atoms with van der Waals surface area (Å²) < 4.78 is 99.6. The lowest BCUT2D eigenvalue weighted by atomic mass is 9.87. The molecule has 0 spiro atoms. The fourth-order valence-corrected chi connectivity index (χ4v) is 5.90. The second kappa shape index (κ2) is 9.73. The molecule has 0 saturated carbocycles. The van der Waals surface area contributed by atoms with Gasteiger partial charge in [-0.05, 0) is 75.1 Å². The van der Waals surface area contributed by atoms with Crippen molar-refractivity contribution in [1.29, 1.82) is 0 Å². The molecule has 37 heavy (non-hydrogen) atoms. The van der Waals surface area contributed by atoms with Crippen molar-refractivity contribution in [2.24, 2.45) is 0 Å². The summed E-state index contributed by atoms with van der Waals surface area (Å²) >= 11 is 0. The van der Waals surface area contributed by atoms with Crippen molar-refractivity contribution in [2.45, 2.75) is 14.7 Å². The van der Waals surface area contributed by atoms with Gasteiger partial charge in [-0.3, -0.25) is 13.7 Å². The van der Waals surface area contributed by atoms with E-state index in [2.05, 4.69) is 9.24 Å². The van der Waals surface area contributed by atoms with Gasteiger partial charge in [0.1, 0.15) is 0 Å². The molecule has 4 rings (SSSR count). The fourth-order valence-electron chi connectivity index (χ4n) is 3.92. The minimum Gasteiger partial charge on any atom is -0.282 e. The SMILES string of the molecule is O=S(=O)(O)c1cccc(-c2ccc(P)c(-c3cccc(S(=O)(=O)O)c3)c2-c2cccc(S(=O)(=O)O)c2)c1. The molecule has 13 heteroatoms. The van der Waals surface area contributed by atoms with Crippen molar-refractivity contribution >= 4 is 44.9 Å². The highest BCUT2D eigenvalue weighted by Gasteiger charge is 2.21. The Hall–Kier alpha value is -2.96. The van der Waals surface area contributed by atoms with Crippen LogP contribution in [0, 0.1) is 0 Å². The van der Waals surface area contributed by atoms with E-state index in [1.54, 1.807) is 30.3 Å². The van der Waals surface area contributed by atoms with Crippen molar-refractivity contribution in [3.8, 4) is 33.4 Å². The van der Waals surface area contributed by atoms with Crippen LogP contribution in [0.4, 0.5) is 0 Å². The molecule has 0 bridgehead atoms. The Labute approximate surface area is 216 Å². The van der Waals surface area contributed by atoms with Gasteiger partial charge in [0.05, 0.1) is 14.7 Å². The fraction of sp³-hybridized carbons (Fsp3) is 0. The molecule has 4 aromatic carbocycles. The van der Waals surface area contributed by atoms with Crippen LogP contribution in [0.1, 0.15) is 0 Å². The third-order valence-electron chi connectivity index (χ3n) is 5.52. The topological polar surface area (TPSA) is 163 Å². The molecule has 0 amide bonds. The summed E-state index contributed by atoms with van der Waals surface area (Å²) in [5.41, 5.74) is 2.21. The highest BCUT2D eigenvalue weighted by Crippen LogP contribution is 2.41. The molecule has 1 atom stereocenters. The average molecular weight is 579 g/mol. The van der Waals surface area contributed by atoms with Gasteiger partial charge >= 0.3 is 0 Å². The van der Waals surface area contributed by atoms with E-state index in [0.717, 1.165) is 0 Å². The van der Waals surface area contributed by atoms with Gasteiger partial charge in [0.2, 0.25) is 0 Å². The second-order valence-electron chi connectivity index (χ2n) is 7.96. The molecule has 0 saturated heterocycles. The third kappa shape index (κ3) is 5.81. The van der Waals surface area contributed by atoms with Crippen molar-refractivity contribution in [3.05, 3.63) is 84.9 Å². The number of hydrogen-bond acceptors (Lipinski definition) is 6. The zero-order valence-corrected chi connectivity index (χ0v) is 22.3. The average Bonchev–Trinajstić information content (AvgIpc) is 2.82. The van der Waals surface area contributed by atoms with Crippen molar-refractivity contribution < 1.29 is 38.9 Å². The first kappa shape index (κ1) is 27.1. The lowest BCUT2D eigenvalue weighted by Gasteiger charge is -2.19. The highest BCUT2D eigenvalue weighted by molar-refractivity contribution is 7.86. The maximum absolute atomic E-state index is 11.9. The molecular weight excluding hydrogens is 559 g/mol. The first-order chi connectivity index (χ1) is 17.2. The molecule has 0 heterocycles. The minimum absolute atomic E-state index is 0.305. The third-order valence-corrected chi connectivity index (χ3v) is 8.55. The molecule has 0 aliphatic heterocycles. The van der Waals surface area contributed by atoms with E-state index in [1.807, 2.05) is 0 Å².